The number of hydrogen-bond donors (Lipinski definition) is 1. The molecule has 26 heavy (non-hydrogen) atoms. The highest BCUT2D eigenvalue weighted by Crippen LogP contribution is 2.31. The van der Waals surface area contributed by atoms with Crippen LogP contribution in [0, 0.1) is 0 Å². The Hall–Kier alpha value is -2.71. The van der Waals surface area contributed by atoms with Crippen LogP contribution < -0.4 is 9.62 Å². The number of para-hydroxylation sites is 1. The molecule has 0 fully saturated rings. The maximum absolute atomic E-state index is 13.1. The molecule has 0 aliphatic rings. The van der Waals surface area contributed by atoms with Crippen LogP contribution in [0.4, 0.5) is 5.13 Å². The molecule has 1 amide bonds. The molecule has 0 radical (unpaired) electrons. The minimum Gasteiger partial charge on any atom is -0.351 e. The number of carbonyl (C=O) groups excluding carboxylic acids is 1. The van der Waals surface area contributed by atoms with Crippen molar-refractivity contribution >= 4 is 42.6 Å². The van der Waals surface area contributed by atoms with Gasteiger partial charge in [-0.25, -0.2) is 17.7 Å². The van der Waals surface area contributed by atoms with Crippen molar-refractivity contribution in [3.63, 3.8) is 0 Å². The first-order chi connectivity index (χ1) is 12.5. The molecule has 0 saturated heterocycles. The molecule has 2 aromatic carbocycles. The molecule has 0 saturated carbocycles. The van der Waals surface area contributed by atoms with Crippen molar-refractivity contribution in [1.82, 2.24) is 10.3 Å². The lowest BCUT2D eigenvalue weighted by Gasteiger charge is -2.21. The fourth-order valence-electron chi connectivity index (χ4n) is 2.31. The molecule has 0 spiro atoms. The molecule has 0 aliphatic heterocycles. The van der Waals surface area contributed by atoms with E-state index in [0.29, 0.717) is 5.52 Å². The number of aromatic nitrogens is 1. The summed E-state index contributed by atoms with van der Waals surface area (Å²) < 4.78 is 28.1. The van der Waals surface area contributed by atoms with Gasteiger partial charge in [-0.1, -0.05) is 47.7 Å². The minimum atomic E-state index is -3.93. The second-order valence-corrected chi connectivity index (χ2v) is 8.25. The Morgan fingerprint density at radius 3 is 2.54 bits per heavy atom. The first-order valence-electron chi connectivity index (χ1n) is 7.83. The predicted molar refractivity (Wildman–Crippen MR) is 104 cm³/mol. The zero-order valence-corrected chi connectivity index (χ0v) is 15.5. The third-order valence-corrected chi connectivity index (χ3v) is 6.48. The summed E-state index contributed by atoms with van der Waals surface area (Å²) in [6.45, 7) is 3.44. The number of nitrogens with zero attached hydrogens (tertiary/aromatic N) is 2. The van der Waals surface area contributed by atoms with E-state index in [0.717, 1.165) is 9.01 Å². The van der Waals surface area contributed by atoms with Crippen molar-refractivity contribution < 1.29 is 13.2 Å². The molecule has 3 rings (SSSR count). The van der Waals surface area contributed by atoms with Crippen LogP contribution in [-0.4, -0.2) is 32.4 Å². The summed E-state index contributed by atoms with van der Waals surface area (Å²) in [7, 11) is -3.93. The average molecular weight is 387 g/mol. The molecule has 6 nitrogen and oxygen atoms in total. The highest BCUT2D eigenvalue weighted by Gasteiger charge is 2.29. The number of anilines is 1. The van der Waals surface area contributed by atoms with Crippen molar-refractivity contribution in [2.24, 2.45) is 0 Å². The summed E-state index contributed by atoms with van der Waals surface area (Å²) in [5.74, 6) is -0.427. The Morgan fingerprint density at radius 2 is 1.85 bits per heavy atom. The van der Waals surface area contributed by atoms with Crippen LogP contribution in [0.3, 0.4) is 0 Å². The van der Waals surface area contributed by atoms with Gasteiger partial charge in [0.05, 0.1) is 15.1 Å². The lowest BCUT2D eigenvalue weighted by Crippen LogP contribution is -2.40. The Labute approximate surface area is 155 Å². The summed E-state index contributed by atoms with van der Waals surface area (Å²) in [6.07, 6.45) is 1.53. The van der Waals surface area contributed by atoms with Crippen LogP contribution in [0.2, 0.25) is 0 Å². The first kappa shape index (κ1) is 18.1. The fourth-order valence-corrected chi connectivity index (χ4v) is 4.88. The predicted octanol–water partition coefficient (Wildman–Crippen LogP) is 2.79. The number of thiazole rings is 1. The Morgan fingerprint density at radius 1 is 1.15 bits per heavy atom. The quantitative estimate of drug-likeness (QED) is 0.632. The number of rotatable bonds is 7. The largest absolute Gasteiger partial charge is 0.351 e. The van der Waals surface area contributed by atoms with Gasteiger partial charge in [-0.2, -0.15) is 0 Å². The molecule has 8 heteroatoms. The van der Waals surface area contributed by atoms with E-state index in [1.807, 2.05) is 18.2 Å². The summed E-state index contributed by atoms with van der Waals surface area (Å²) >= 11 is 1.23. The molecule has 0 unspecified atom stereocenters. The number of sulfonamides is 1. The normalized spacial score (nSPS) is 11.2. The highest BCUT2D eigenvalue weighted by atomic mass is 32.2. The molecule has 1 heterocycles. The number of fused-ring (bicyclic) bond motifs is 1. The summed E-state index contributed by atoms with van der Waals surface area (Å²) in [4.78, 5) is 16.7. The number of benzene rings is 2. The van der Waals surface area contributed by atoms with Gasteiger partial charge in [0.2, 0.25) is 11.0 Å². The van der Waals surface area contributed by atoms with Gasteiger partial charge < -0.3 is 5.32 Å². The van der Waals surface area contributed by atoms with Crippen LogP contribution in [-0.2, 0) is 14.8 Å². The van der Waals surface area contributed by atoms with Gasteiger partial charge in [0.15, 0.2) is 0 Å². The van der Waals surface area contributed by atoms with Crippen LogP contribution in [0.5, 0.6) is 0 Å². The van der Waals surface area contributed by atoms with Crippen molar-refractivity contribution in [3.8, 4) is 0 Å². The molecule has 3 aromatic rings. The van der Waals surface area contributed by atoms with Crippen molar-refractivity contribution in [3.05, 3.63) is 67.3 Å². The lowest BCUT2D eigenvalue weighted by atomic mass is 10.3. The standard InChI is InChI=1S/C18H17N3O3S2/c1-2-12-19-17(22)13-21(26(23,24)14-8-4-3-5-9-14)18-20-15-10-6-7-11-16(15)25-18/h2-11H,1,12-13H2,(H,19,22). The fraction of sp³-hybridized carbons (Fsp3) is 0.111. The summed E-state index contributed by atoms with van der Waals surface area (Å²) in [5.41, 5.74) is 0.687. The second-order valence-electron chi connectivity index (χ2n) is 5.38. The number of nitrogens with one attached hydrogen (secondary N) is 1. The van der Waals surface area contributed by atoms with E-state index >= 15 is 0 Å². The van der Waals surface area contributed by atoms with E-state index in [2.05, 4.69) is 16.9 Å². The van der Waals surface area contributed by atoms with Crippen LogP contribution >= 0.6 is 11.3 Å². The van der Waals surface area contributed by atoms with Gasteiger partial charge in [0.25, 0.3) is 10.0 Å². The van der Waals surface area contributed by atoms with Gasteiger partial charge >= 0.3 is 0 Å². The van der Waals surface area contributed by atoms with E-state index < -0.39 is 15.9 Å². The maximum Gasteiger partial charge on any atom is 0.266 e. The monoisotopic (exact) mass is 387 g/mol. The molecule has 1 aromatic heterocycles. The van der Waals surface area contributed by atoms with Crippen molar-refractivity contribution in [2.75, 3.05) is 17.4 Å². The molecule has 134 valence electrons. The average Bonchev–Trinajstić information content (AvgIpc) is 3.08. The van der Waals surface area contributed by atoms with Crippen LogP contribution in [0.25, 0.3) is 10.2 Å². The van der Waals surface area contributed by atoms with Crippen LogP contribution in [0.1, 0.15) is 0 Å². The van der Waals surface area contributed by atoms with Gasteiger partial charge in [0, 0.05) is 6.54 Å². The topological polar surface area (TPSA) is 79.4 Å². The van der Waals surface area contributed by atoms with Crippen LogP contribution in [0.15, 0.2) is 72.1 Å². The van der Waals surface area contributed by atoms with E-state index in [9.17, 15) is 13.2 Å². The smallest absolute Gasteiger partial charge is 0.266 e. The Bertz CT molecular complexity index is 997. The molecule has 0 aliphatic carbocycles. The first-order valence-corrected chi connectivity index (χ1v) is 10.1. The van der Waals surface area contributed by atoms with Gasteiger partial charge in [-0.05, 0) is 24.3 Å². The molecular weight excluding hydrogens is 370 g/mol. The minimum absolute atomic E-state index is 0.107. The van der Waals surface area contributed by atoms with E-state index in [1.54, 1.807) is 24.3 Å². The number of hydrogen-bond acceptors (Lipinski definition) is 5. The lowest BCUT2D eigenvalue weighted by molar-refractivity contribution is -0.119. The summed E-state index contributed by atoms with van der Waals surface area (Å²) in [6, 6.07) is 15.4. The third-order valence-electron chi connectivity index (χ3n) is 3.56. The summed E-state index contributed by atoms with van der Waals surface area (Å²) in [5, 5.41) is 2.86. The second kappa shape index (κ2) is 7.67. The zero-order valence-electron chi connectivity index (χ0n) is 13.8. The van der Waals surface area contributed by atoms with Gasteiger partial charge in [0.1, 0.15) is 6.54 Å². The molecule has 0 atom stereocenters. The number of carbonyl (C=O) groups is 1. The molecular formula is C18H17N3O3S2. The molecule has 0 bridgehead atoms. The SMILES string of the molecule is C=CCNC(=O)CN(c1nc2ccccc2s1)S(=O)(=O)c1ccccc1. The Balaban J connectivity index is 2.04. The third kappa shape index (κ3) is 3.76. The molecule has 1 N–H and O–H groups in total. The van der Waals surface area contributed by atoms with Gasteiger partial charge in [-0.3, -0.25) is 4.79 Å². The highest BCUT2D eigenvalue weighted by molar-refractivity contribution is 7.93. The van der Waals surface area contributed by atoms with E-state index in [4.69, 9.17) is 0 Å². The van der Waals surface area contributed by atoms with E-state index in [-0.39, 0.29) is 23.1 Å². The van der Waals surface area contributed by atoms with E-state index in [1.165, 1.54) is 29.5 Å². The van der Waals surface area contributed by atoms with Gasteiger partial charge in [-0.15, -0.1) is 6.58 Å². The number of amides is 1. The van der Waals surface area contributed by atoms with Crippen molar-refractivity contribution in [1.29, 1.82) is 0 Å². The maximum atomic E-state index is 13.1. The Kier molecular flexibility index (Phi) is 5.34. The van der Waals surface area contributed by atoms with Crippen molar-refractivity contribution in [2.45, 2.75) is 4.90 Å². The zero-order chi connectivity index (χ0) is 18.6.